The standard InChI is InChI=1S/C36H49N7O8/c1-19(2)15-26-32(47)41-28(18-30(45)46)34(49)43-31(20(3)4)35(50)37-22(6)16-29(44)39-27(33(48)40-26)17-23-11-13-24(14-12-23)38-36(51)42-25-10-8-7-9-21(25)5/h7-14,19-20,22,26-28,31H,15-18H2,1-6H3,(H,37,50)(H,39,44)(H,40,48)(H,41,47)(H,43,49)(H,45,46)(H2,38,42,51)/t22-,26+,27+,28+,31+/m1/s1. The van der Waals surface area contributed by atoms with Crippen LogP contribution in [0.5, 0.6) is 0 Å². The lowest BCUT2D eigenvalue weighted by Crippen LogP contribution is -2.60. The van der Waals surface area contributed by atoms with Crippen LogP contribution < -0.4 is 37.2 Å². The van der Waals surface area contributed by atoms with Crippen molar-refractivity contribution < 1.29 is 38.7 Å². The second-order valence-electron chi connectivity index (χ2n) is 13.6. The highest BCUT2D eigenvalue weighted by Gasteiger charge is 2.34. The van der Waals surface area contributed by atoms with Gasteiger partial charge in [0.15, 0.2) is 0 Å². The minimum atomic E-state index is -1.54. The van der Waals surface area contributed by atoms with E-state index in [1.54, 1.807) is 51.1 Å². The number of hydrogen-bond donors (Lipinski definition) is 8. The molecule has 1 aliphatic rings. The summed E-state index contributed by atoms with van der Waals surface area (Å²) >= 11 is 0. The van der Waals surface area contributed by atoms with Crippen LogP contribution in [0.15, 0.2) is 48.5 Å². The van der Waals surface area contributed by atoms with E-state index in [9.17, 15) is 38.7 Å². The third-order valence-corrected chi connectivity index (χ3v) is 8.18. The van der Waals surface area contributed by atoms with Gasteiger partial charge in [0, 0.05) is 30.3 Å². The third kappa shape index (κ3) is 12.7. The smallest absolute Gasteiger partial charge is 0.323 e. The number of para-hydroxylation sites is 1. The molecule has 1 heterocycles. The van der Waals surface area contributed by atoms with E-state index in [0.29, 0.717) is 16.9 Å². The number of amides is 7. The SMILES string of the molecule is Cc1ccccc1NC(=O)Nc1ccc(C[C@@H]2NC(=O)C[C@@H](C)NC(=O)[C@H](C(C)C)NC(=O)[C@H](CC(=O)O)NC(=O)[C@H](CC(C)C)NC2=O)cc1. The first-order chi connectivity index (χ1) is 24.0. The molecule has 1 fully saturated rings. The number of nitrogens with one attached hydrogen (secondary N) is 7. The van der Waals surface area contributed by atoms with Crippen molar-refractivity contribution in [3.8, 4) is 0 Å². The van der Waals surface area contributed by atoms with Gasteiger partial charge in [-0.15, -0.1) is 0 Å². The molecule has 51 heavy (non-hydrogen) atoms. The predicted molar refractivity (Wildman–Crippen MR) is 190 cm³/mol. The number of carboxylic acids is 1. The number of aliphatic carboxylic acids is 1. The van der Waals surface area contributed by atoms with Crippen molar-refractivity contribution in [3.05, 3.63) is 59.7 Å². The van der Waals surface area contributed by atoms with Gasteiger partial charge >= 0.3 is 12.0 Å². The molecule has 15 heteroatoms. The minimum Gasteiger partial charge on any atom is -0.481 e. The van der Waals surface area contributed by atoms with Crippen LogP contribution in [0, 0.1) is 18.8 Å². The van der Waals surface area contributed by atoms with Crippen molar-refractivity contribution in [3.63, 3.8) is 0 Å². The molecule has 7 amide bonds. The zero-order chi connectivity index (χ0) is 37.8. The molecule has 2 aromatic rings. The Bertz CT molecular complexity index is 1590. The van der Waals surface area contributed by atoms with Crippen molar-refractivity contribution in [1.29, 1.82) is 0 Å². The monoisotopic (exact) mass is 707 g/mol. The largest absolute Gasteiger partial charge is 0.481 e. The molecule has 3 rings (SSSR count). The first-order valence-electron chi connectivity index (χ1n) is 17.0. The average molecular weight is 708 g/mol. The van der Waals surface area contributed by atoms with Crippen molar-refractivity contribution in [2.75, 3.05) is 10.6 Å². The quantitative estimate of drug-likeness (QED) is 0.192. The summed E-state index contributed by atoms with van der Waals surface area (Å²) in [6.07, 6.45) is -0.827. The number of benzene rings is 2. The number of rotatable bonds is 9. The van der Waals surface area contributed by atoms with E-state index in [0.717, 1.165) is 5.56 Å². The zero-order valence-electron chi connectivity index (χ0n) is 29.8. The fourth-order valence-corrected chi connectivity index (χ4v) is 5.50. The Morgan fingerprint density at radius 3 is 1.98 bits per heavy atom. The number of aryl methyl sites for hydroxylation is 1. The summed E-state index contributed by atoms with van der Waals surface area (Å²) in [4.78, 5) is 91.2. The van der Waals surface area contributed by atoms with Crippen LogP contribution >= 0.6 is 0 Å². The summed E-state index contributed by atoms with van der Waals surface area (Å²) in [7, 11) is 0. The van der Waals surface area contributed by atoms with Crippen LogP contribution in [0.25, 0.3) is 0 Å². The van der Waals surface area contributed by atoms with Gasteiger partial charge in [0.25, 0.3) is 0 Å². The number of carbonyl (C=O) groups excluding carboxylic acids is 6. The minimum absolute atomic E-state index is 0.00346. The summed E-state index contributed by atoms with van der Waals surface area (Å²) in [5, 5.41) is 28.1. The number of carboxylic acid groups (broad SMARTS) is 1. The number of carbonyl (C=O) groups is 7. The number of hydrogen-bond acceptors (Lipinski definition) is 7. The Labute approximate surface area is 297 Å². The first-order valence-corrected chi connectivity index (χ1v) is 17.0. The van der Waals surface area contributed by atoms with Gasteiger partial charge in [-0.1, -0.05) is 58.0 Å². The molecule has 0 saturated carbocycles. The summed E-state index contributed by atoms with van der Waals surface area (Å²) in [5.41, 5.74) is 2.66. The molecule has 0 unspecified atom stereocenters. The molecular weight excluding hydrogens is 658 g/mol. The highest BCUT2D eigenvalue weighted by atomic mass is 16.4. The van der Waals surface area contributed by atoms with Crippen molar-refractivity contribution >= 4 is 52.9 Å². The van der Waals surface area contributed by atoms with E-state index in [1.807, 2.05) is 39.0 Å². The zero-order valence-corrected chi connectivity index (χ0v) is 29.8. The molecule has 0 bridgehead atoms. The van der Waals surface area contributed by atoms with Crippen molar-refractivity contribution in [1.82, 2.24) is 26.6 Å². The van der Waals surface area contributed by atoms with Crippen LogP contribution in [0.2, 0.25) is 0 Å². The molecule has 0 radical (unpaired) electrons. The van der Waals surface area contributed by atoms with Crippen molar-refractivity contribution in [2.45, 2.75) is 97.4 Å². The molecule has 0 spiro atoms. The maximum atomic E-state index is 13.8. The second-order valence-corrected chi connectivity index (χ2v) is 13.6. The lowest BCUT2D eigenvalue weighted by molar-refractivity contribution is -0.141. The van der Waals surface area contributed by atoms with Gasteiger partial charge in [0.2, 0.25) is 29.5 Å². The van der Waals surface area contributed by atoms with Gasteiger partial charge in [-0.05, 0) is 61.4 Å². The van der Waals surface area contributed by atoms with Gasteiger partial charge < -0.3 is 42.3 Å². The third-order valence-electron chi connectivity index (χ3n) is 8.18. The van der Waals surface area contributed by atoms with Crippen LogP contribution in [-0.2, 0) is 35.2 Å². The molecule has 2 aromatic carbocycles. The summed E-state index contributed by atoms with van der Waals surface area (Å²) in [6.45, 7) is 10.5. The topological polar surface area (TPSA) is 224 Å². The van der Waals surface area contributed by atoms with Gasteiger partial charge in [-0.3, -0.25) is 28.8 Å². The first kappa shape index (κ1) is 40.0. The van der Waals surface area contributed by atoms with Gasteiger partial charge in [-0.2, -0.15) is 0 Å². The molecule has 15 nitrogen and oxygen atoms in total. The number of urea groups is 1. The molecular formula is C36H49N7O8. The van der Waals surface area contributed by atoms with E-state index < -0.39 is 84.1 Å². The van der Waals surface area contributed by atoms with E-state index in [-0.39, 0.29) is 25.2 Å². The van der Waals surface area contributed by atoms with Crippen LogP contribution in [0.1, 0.15) is 65.0 Å². The van der Waals surface area contributed by atoms with E-state index in [2.05, 4.69) is 37.2 Å². The van der Waals surface area contributed by atoms with E-state index in [4.69, 9.17) is 0 Å². The Morgan fingerprint density at radius 1 is 0.765 bits per heavy atom. The molecule has 1 saturated heterocycles. The predicted octanol–water partition coefficient (Wildman–Crippen LogP) is 2.21. The molecule has 8 N–H and O–H groups in total. The maximum Gasteiger partial charge on any atom is 0.323 e. The Hall–Kier alpha value is -5.47. The fourth-order valence-electron chi connectivity index (χ4n) is 5.50. The molecule has 276 valence electrons. The highest BCUT2D eigenvalue weighted by molar-refractivity contribution is 6.00. The van der Waals surface area contributed by atoms with Gasteiger partial charge in [-0.25, -0.2) is 4.79 Å². The van der Waals surface area contributed by atoms with E-state index in [1.165, 1.54) is 0 Å². The normalized spacial score (nSPS) is 22.3. The van der Waals surface area contributed by atoms with Gasteiger partial charge in [0.1, 0.15) is 24.2 Å². The average Bonchev–Trinajstić information content (AvgIpc) is 3.03. The molecule has 0 aromatic heterocycles. The van der Waals surface area contributed by atoms with Crippen molar-refractivity contribution in [2.24, 2.45) is 11.8 Å². The number of anilines is 2. The Morgan fingerprint density at radius 2 is 1.37 bits per heavy atom. The van der Waals surface area contributed by atoms with Gasteiger partial charge in [0.05, 0.1) is 6.42 Å². The summed E-state index contributed by atoms with van der Waals surface area (Å²) in [6, 6.07) is 7.87. The fraction of sp³-hybridized carbons (Fsp3) is 0.472. The molecule has 5 atom stereocenters. The Kier molecular flexibility index (Phi) is 14.5. The maximum absolute atomic E-state index is 13.8. The molecule has 0 aliphatic carbocycles. The summed E-state index contributed by atoms with van der Waals surface area (Å²) in [5.74, 6) is -5.39. The Balaban J connectivity index is 1.88. The van der Waals surface area contributed by atoms with Crippen LogP contribution in [0.3, 0.4) is 0 Å². The lowest BCUT2D eigenvalue weighted by atomic mass is 9.99. The van der Waals surface area contributed by atoms with Crippen LogP contribution in [-0.4, -0.2) is 76.9 Å². The highest BCUT2D eigenvalue weighted by Crippen LogP contribution is 2.16. The van der Waals surface area contributed by atoms with Crippen LogP contribution in [0.4, 0.5) is 16.2 Å². The summed E-state index contributed by atoms with van der Waals surface area (Å²) < 4.78 is 0. The second kappa shape index (κ2) is 18.5. The van der Waals surface area contributed by atoms with E-state index >= 15 is 0 Å². The lowest BCUT2D eigenvalue weighted by Gasteiger charge is -2.29. The molecule has 1 aliphatic heterocycles.